The Hall–Kier alpha value is -2.68. The van der Waals surface area contributed by atoms with Crippen LogP contribution in [0.4, 0.5) is 0 Å². The Morgan fingerprint density at radius 1 is 1.08 bits per heavy atom. The number of hydrogen-bond donors (Lipinski definition) is 1. The monoisotopic (exact) mass is 349 g/mol. The minimum atomic E-state index is -0.122. The molecule has 1 aromatic heterocycles. The van der Waals surface area contributed by atoms with Crippen LogP contribution in [-0.4, -0.2) is 58.6 Å². The van der Waals surface area contributed by atoms with Crippen LogP contribution in [0.25, 0.3) is 0 Å². The number of aliphatic hydroxyl groups is 1. The van der Waals surface area contributed by atoms with Gasteiger partial charge in [-0.3, -0.25) is 14.7 Å². The van der Waals surface area contributed by atoms with Gasteiger partial charge in [0.2, 0.25) is 0 Å². The fourth-order valence-corrected chi connectivity index (χ4v) is 3.08. The lowest BCUT2D eigenvalue weighted by molar-refractivity contribution is 0.0755. The number of carbonyl (C=O) groups excluding carboxylic acids is 1. The van der Waals surface area contributed by atoms with E-state index in [0.29, 0.717) is 5.69 Å². The van der Waals surface area contributed by atoms with E-state index in [1.54, 1.807) is 12.3 Å². The second-order valence-corrected chi connectivity index (χ2v) is 6.29. The molecule has 1 N–H and O–H groups in total. The largest absolute Gasteiger partial charge is 0.384 e. The maximum atomic E-state index is 12.6. The topological polar surface area (TPSA) is 56.7 Å². The predicted molar refractivity (Wildman–Crippen MR) is 100 cm³/mol. The van der Waals surface area contributed by atoms with Crippen molar-refractivity contribution >= 4 is 5.91 Å². The summed E-state index contributed by atoms with van der Waals surface area (Å²) < 4.78 is 0. The molecule has 0 atom stereocenters. The third-order valence-electron chi connectivity index (χ3n) is 4.43. The summed E-state index contributed by atoms with van der Waals surface area (Å²) in [4.78, 5) is 21.0. The van der Waals surface area contributed by atoms with Crippen LogP contribution in [0.5, 0.6) is 0 Å². The van der Waals surface area contributed by atoms with E-state index >= 15 is 0 Å². The summed E-state index contributed by atoms with van der Waals surface area (Å²) in [5.41, 5.74) is 2.65. The summed E-state index contributed by atoms with van der Waals surface area (Å²) in [5, 5.41) is 8.75. The van der Waals surface area contributed by atoms with Gasteiger partial charge < -0.3 is 10.0 Å². The summed E-state index contributed by atoms with van der Waals surface area (Å²) in [6, 6.07) is 13.5. The zero-order valence-electron chi connectivity index (χ0n) is 14.8. The number of carbonyl (C=O) groups is 1. The van der Waals surface area contributed by atoms with E-state index < -0.39 is 0 Å². The van der Waals surface area contributed by atoms with Gasteiger partial charge in [0, 0.05) is 44.5 Å². The Morgan fingerprint density at radius 3 is 2.65 bits per heavy atom. The van der Waals surface area contributed by atoms with Crippen LogP contribution < -0.4 is 0 Å². The van der Waals surface area contributed by atoms with Crippen LogP contribution >= 0.6 is 0 Å². The lowest BCUT2D eigenvalue weighted by Crippen LogP contribution is -2.35. The Morgan fingerprint density at radius 2 is 1.92 bits per heavy atom. The quantitative estimate of drug-likeness (QED) is 0.858. The Labute approximate surface area is 154 Å². The highest BCUT2D eigenvalue weighted by atomic mass is 16.2. The van der Waals surface area contributed by atoms with Crippen LogP contribution in [-0.2, 0) is 6.54 Å². The smallest absolute Gasteiger partial charge is 0.272 e. The number of rotatable bonds is 3. The van der Waals surface area contributed by atoms with Crippen molar-refractivity contribution in [1.82, 2.24) is 14.8 Å². The van der Waals surface area contributed by atoms with E-state index in [9.17, 15) is 4.79 Å². The number of benzene rings is 1. The molecule has 1 amide bonds. The Bertz CT molecular complexity index is 778. The molecule has 1 saturated heterocycles. The third kappa shape index (κ3) is 4.92. The van der Waals surface area contributed by atoms with Crippen molar-refractivity contribution in [2.45, 2.75) is 13.0 Å². The van der Waals surface area contributed by atoms with Crippen molar-refractivity contribution in [3.63, 3.8) is 0 Å². The van der Waals surface area contributed by atoms with Crippen molar-refractivity contribution in [2.75, 3.05) is 32.8 Å². The maximum Gasteiger partial charge on any atom is 0.272 e. The maximum absolute atomic E-state index is 12.6. The molecule has 1 aliphatic rings. The van der Waals surface area contributed by atoms with Gasteiger partial charge in [0.1, 0.15) is 12.3 Å². The van der Waals surface area contributed by atoms with Crippen molar-refractivity contribution in [3.05, 3.63) is 65.5 Å². The third-order valence-corrected chi connectivity index (χ3v) is 4.43. The summed E-state index contributed by atoms with van der Waals surface area (Å²) >= 11 is 0. The molecule has 0 bridgehead atoms. The second-order valence-electron chi connectivity index (χ2n) is 6.29. The number of nitrogens with zero attached hydrogens (tertiary/aromatic N) is 3. The van der Waals surface area contributed by atoms with Crippen LogP contribution in [0.15, 0.2) is 48.7 Å². The highest BCUT2D eigenvalue weighted by Gasteiger charge is 2.20. The highest BCUT2D eigenvalue weighted by molar-refractivity contribution is 5.92. The van der Waals surface area contributed by atoms with Crippen molar-refractivity contribution in [1.29, 1.82) is 0 Å². The van der Waals surface area contributed by atoms with Gasteiger partial charge in [-0.25, -0.2) is 0 Å². The van der Waals surface area contributed by atoms with Gasteiger partial charge in [-0.2, -0.15) is 0 Å². The first-order valence-corrected chi connectivity index (χ1v) is 8.87. The van der Waals surface area contributed by atoms with Crippen LogP contribution in [0.3, 0.4) is 0 Å². The standard InChI is InChI=1S/C21H23N3O2/c25-16-3-5-18-7-9-19(10-8-18)17-23-12-4-13-24(15-14-23)21(26)20-6-1-2-11-22-20/h1-2,6-11,25H,4,12-17H2. The molecule has 5 nitrogen and oxygen atoms in total. The molecule has 0 unspecified atom stereocenters. The molecule has 0 spiro atoms. The molecule has 1 aromatic carbocycles. The molecule has 3 rings (SSSR count). The molecular weight excluding hydrogens is 326 g/mol. The van der Waals surface area contributed by atoms with E-state index in [0.717, 1.165) is 44.7 Å². The first-order valence-electron chi connectivity index (χ1n) is 8.87. The van der Waals surface area contributed by atoms with E-state index in [2.05, 4.69) is 33.9 Å². The van der Waals surface area contributed by atoms with Gasteiger partial charge in [0.15, 0.2) is 0 Å². The first kappa shape index (κ1) is 18.1. The molecule has 1 fully saturated rings. The van der Waals surface area contributed by atoms with Gasteiger partial charge >= 0.3 is 0 Å². The molecule has 0 saturated carbocycles. The van der Waals surface area contributed by atoms with Gasteiger partial charge in [0.25, 0.3) is 5.91 Å². The summed E-state index contributed by atoms with van der Waals surface area (Å²) in [5.74, 6) is 5.57. The molecule has 2 heterocycles. The fraction of sp³-hybridized carbons (Fsp3) is 0.333. The number of pyridine rings is 1. The Kier molecular flexibility index (Phi) is 6.37. The number of hydrogen-bond acceptors (Lipinski definition) is 4. The average Bonchev–Trinajstić information content (AvgIpc) is 2.93. The summed E-state index contributed by atoms with van der Waals surface area (Å²) in [6.45, 7) is 4.04. The predicted octanol–water partition coefficient (Wildman–Crippen LogP) is 1.77. The van der Waals surface area contributed by atoms with E-state index in [1.165, 1.54) is 5.56 Å². The number of amides is 1. The summed E-state index contributed by atoms with van der Waals surface area (Å²) in [6.07, 6.45) is 2.62. The average molecular weight is 349 g/mol. The zero-order valence-corrected chi connectivity index (χ0v) is 14.8. The molecule has 5 heteroatoms. The van der Waals surface area contributed by atoms with Crippen LogP contribution in [0.1, 0.15) is 28.0 Å². The molecule has 1 aliphatic heterocycles. The van der Waals surface area contributed by atoms with Crippen LogP contribution in [0.2, 0.25) is 0 Å². The number of aromatic nitrogens is 1. The minimum absolute atomic E-state index is 0.0132. The molecule has 26 heavy (non-hydrogen) atoms. The number of aliphatic hydroxyl groups excluding tert-OH is 1. The van der Waals surface area contributed by atoms with Gasteiger partial charge in [-0.05, 0) is 36.2 Å². The van der Waals surface area contributed by atoms with Crippen LogP contribution in [0, 0.1) is 11.8 Å². The molecule has 134 valence electrons. The Balaban J connectivity index is 1.56. The second kappa shape index (κ2) is 9.14. The van der Waals surface area contributed by atoms with Gasteiger partial charge in [-0.1, -0.05) is 30.0 Å². The molecule has 2 aromatic rings. The lowest BCUT2D eigenvalue weighted by atomic mass is 10.1. The van der Waals surface area contributed by atoms with Gasteiger partial charge in [-0.15, -0.1) is 0 Å². The van der Waals surface area contributed by atoms with Gasteiger partial charge in [0.05, 0.1) is 0 Å². The van der Waals surface area contributed by atoms with Crippen molar-refractivity contribution in [2.24, 2.45) is 0 Å². The highest BCUT2D eigenvalue weighted by Crippen LogP contribution is 2.12. The van der Waals surface area contributed by atoms with Crippen molar-refractivity contribution < 1.29 is 9.90 Å². The van der Waals surface area contributed by atoms with E-state index in [-0.39, 0.29) is 12.5 Å². The zero-order chi connectivity index (χ0) is 18.2. The fourth-order valence-electron chi connectivity index (χ4n) is 3.08. The van der Waals surface area contributed by atoms with E-state index in [1.807, 2.05) is 29.2 Å². The first-order chi connectivity index (χ1) is 12.8. The molecular formula is C21H23N3O2. The van der Waals surface area contributed by atoms with E-state index in [4.69, 9.17) is 5.11 Å². The SMILES string of the molecule is O=C(c1ccccn1)N1CCCN(Cc2ccc(C#CCO)cc2)CC1. The summed E-state index contributed by atoms with van der Waals surface area (Å²) in [7, 11) is 0. The lowest BCUT2D eigenvalue weighted by Gasteiger charge is -2.22. The normalized spacial score (nSPS) is 15.0. The minimum Gasteiger partial charge on any atom is -0.384 e. The van der Waals surface area contributed by atoms with Crippen molar-refractivity contribution in [3.8, 4) is 11.8 Å². The molecule has 0 radical (unpaired) electrons. The molecule has 0 aliphatic carbocycles.